The van der Waals surface area contributed by atoms with E-state index in [0.717, 1.165) is 18.4 Å². The van der Waals surface area contributed by atoms with Crippen molar-refractivity contribution in [1.82, 2.24) is 4.98 Å². The molecule has 1 aromatic heterocycles. The first-order valence-electron chi connectivity index (χ1n) is 4.23. The average molecular weight is 174 g/mol. The summed E-state index contributed by atoms with van der Waals surface area (Å²) in [4.78, 5) is 4.08. The molecule has 1 heterocycles. The predicted octanol–water partition coefficient (Wildman–Crippen LogP) is 1.65. The molecule has 0 aromatic carbocycles. The van der Waals surface area contributed by atoms with E-state index in [1.54, 1.807) is 13.3 Å². The van der Waals surface area contributed by atoms with E-state index in [4.69, 9.17) is 10.00 Å². The summed E-state index contributed by atoms with van der Waals surface area (Å²) in [6.45, 7) is 0. The maximum Gasteiger partial charge on any atom is 0.217 e. The van der Waals surface area contributed by atoms with Gasteiger partial charge in [0.2, 0.25) is 5.88 Å². The topological polar surface area (TPSA) is 45.9 Å². The van der Waals surface area contributed by atoms with E-state index in [0.29, 0.717) is 5.88 Å². The molecule has 3 nitrogen and oxygen atoms in total. The second-order valence-electron chi connectivity index (χ2n) is 3.25. The third-order valence-corrected chi connectivity index (χ3v) is 2.44. The molecule has 2 rings (SSSR count). The van der Waals surface area contributed by atoms with E-state index >= 15 is 0 Å². The molecule has 0 atom stereocenters. The Balaban J connectivity index is 2.46. The van der Waals surface area contributed by atoms with Crippen molar-refractivity contribution < 1.29 is 4.74 Å². The van der Waals surface area contributed by atoms with E-state index in [2.05, 4.69) is 11.1 Å². The number of pyridine rings is 1. The van der Waals surface area contributed by atoms with Crippen LogP contribution in [0.1, 0.15) is 18.4 Å². The fourth-order valence-corrected chi connectivity index (χ4v) is 1.48. The van der Waals surface area contributed by atoms with Gasteiger partial charge in [0.15, 0.2) is 0 Å². The lowest BCUT2D eigenvalue weighted by atomic mass is 9.99. The van der Waals surface area contributed by atoms with Crippen molar-refractivity contribution in [1.29, 1.82) is 5.26 Å². The molecule has 0 unspecified atom stereocenters. The van der Waals surface area contributed by atoms with Gasteiger partial charge in [0.05, 0.1) is 18.6 Å². The zero-order valence-corrected chi connectivity index (χ0v) is 7.45. The van der Waals surface area contributed by atoms with Gasteiger partial charge in [0.1, 0.15) is 0 Å². The van der Waals surface area contributed by atoms with Crippen LogP contribution in [-0.2, 0) is 5.41 Å². The molecule has 66 valence electrons. The molecule has 0 aliphatic heterocycles. The monoisotopic (exact) mass is 174 g/mol. The lowest BCUT2D eigenvalue weighted by Gasteiger charge is -2.09. The molecule has 1 fully saturated rings. The van der Waals surface area contributed by atoms with Crippen molar-refractivity contribution in [3.63, 3.8) is 0 Å². The van der Waals surface area contributed by atoms with Crippen molar-refractivity contribution in [2.24, 2.45) is 0 Å². The minimum atomic E-state index is -0.306. The molecular formula is C10H10N2O. The van der Waals surface area contributed by atoms with Crippen LogP contribution in [0.15, 0.2) is 18.3 Å². The molecule has 1 aliphatic carbocycles. The van der Waals surface area contributed by atoms with Gasteiger partial charge in [-0.2, -0.15) is 5.26 Å². The van der Waals surface area contributed by atoms with E-state index in [-0.39, 0.29) is 5.41 Å². The summed E-state index contributed by atoms with van der Waals surface area (Å²) in [5, 5.41) is 9.00. The maximum absolute atomic E-state index is 9.00. The summed E-state index contributed by atoms with van der Waals surface area (Å²) in [6, 6.07) is 6.08. The molecule has 0 radical (unpaired) electrons. The van der Waals surface area contributed by atoms with Crippen LogP contribution in [0.25, 0.3) is 0 Å². The van der Waals surface area contributed by atoms with Gasteiger partial charge in [-0.05, 0) is 18.9 Å². The molecule has 0 saturated heterocycles. The molecule has 1 aliphatic rings. The van der Waals surface area contributed by atoms with Crippen LogP contribution in [-0.4, -0.2) is 12.1 Å². The van der Waals surface area contributed by atoms with Gasteiger partial charge in [-0.1, -0.05) is 6.07 Å². The van der Waals surface area contributed by atoms with Gasteiger partial charge in [-0.3, -0.25) is 0 Å². The highest BCUT2D eigenvalue weighted by Gasteiger charge is 2.47. The highest BCUT2D eigenvalue weighted by Crippen LogP contribution is 2.49. The lowest BCUT2D eigenvalue weighted by molar-refractivity contribution is 0.390. The molecular weight excluding hydrogens is 164 g/mol. The Morgan fingerprint density at radius 2 is 2.38 bits per heavy atom. The number of ether oxygens (including phenoxy) is 1. The van der Waals surface area contributed by atoms with Crippen molar-refractivity contribution >= 4 is 0 Å². The quantitative estimate of drug-likeness (QED) is 0.684. The number of nitrogens with zero attached hydrogens (tertiary/aromatic N) is 2. The summed E-state index contributed by atoms with van der Waals surface area (Å²) in [6.07, 6.45) is 3.52. The third-order valence-electron chi connectivity index (χ3n) is 2.44. The summed E-state index contributed by atoms with van der Waals surface area (Å²) < 4.78 is 5.11. The summed E-state index contributed by atoms with van der Waals surface area (Å²) >= 11 is 0. The van der Waals surface area contributed by atoms with E-state index in [1.165, 1.54) is 0 Å². The zero-order chi connectivity index (χ0) is 9.31. The van der Waals surface area contributed by atoms with Gasteiger partial charge < -0.3 is 4.74 Å². The molecule has 0 spiro atoms. The lowest BCUT2D eigenvalue weighted by Crippen LogP contribution is -2.06. The second kappa shape index (κ2) is 2.74. The Morgan fingerprint density at radius 3 is 2.92 bits per heavy atom. The Hall–Kier alpha value is -1.56. The summed E-state index contributed by atoms with van der Waals surface area (Å²) in [7, 11) is 1.58. The number of nitriles is 1. The van der Waals surface area contributed by atoms with Crippen molar-refractivity contribution in [2.75, 3.05) is 7.11 Å². The normalized spacial score (nSPS) is 17.5. The highest BCUT2D eigenvalue weighted by molar-refractivity contribution is 5.44. The largest absolute Gasteiger partial charge is 0.481 e. The smallest absolute Gasteiger partial charge is 0.217 e. The van der Waals surface area contributed by atoms with Crippen LogP contribution in [0.5, 0.6) is 5.88 Å². The fourth-order valence-electron chi connectivity index (χ4n) is 1.48. The summed E-state index contributed by atoms with van der Waals surface area (Å²) in [5.74, 6) is 0.585. The SMILES string of the molecule is COc1ncccc1C1(C#N)CC1. The van der Waals surface area contributed by atoms with E-state index in [1.807, 2.05) is 12.1 Å². The molecule has 1 saturated carbocycles. The first-order valence-corrected chi connectivity index (χ1v) is 4.23. The molecule has 0 amide bonds. The molecule has 0 N–H and O–H groups in total. The van der Waals surface area contributed by atoms with Crippen LogP contribution in [0, 0.1) is 11.3 Å². The number of hydrogen-bond acceptors (Lipinski definition) is 3. The first-order chi connectivity index (χ1) is 6.32. The Labute approximate surface area is 77.0 Å². The first kappa shape index (κ1) is 8.06. The maximum atomic E-state index is 9.00. The predicted molar refractivity (Wildman–Crippen MR) is 47.3 cm³/mol. The van der Waals surface area contributed by atoms with Crippen LogP contribution in [0.2, 0.25) is 0 Å². The third kappa shape index (κ3) is 1.15. The van der Waals surface area contributed by atoms with Crippen LogP contribution in [0.4, 0.5) is 0 Å². The van der Waals surface area contributed by atoms with E-state index in [9.17, 15) is 0 Å². The molecule has 3 heteroatoms. The van der Waals surface area contributed by atoms with Crippen molar-refractivity contribution in [3.05, 3.63) is 23.9 Å². The van der Waals surface area contributed by atoms with Crippen molar-refractivity contribution in [3.8, 4) is 11.9 Å². The number of hydrogen-bond donors (Lipinski definition) is 0. The van der Waals surface area contributed by atoms with E-state index < -0.39 is 0 Å². The van der Waals surface area contributed by atoms with Gasteiger partial charge in [0.25, 0.3) is 0 Å². The van der Waals surface area contributed by atoms with Crippen molar-refractivity contribution in [2.45, 2.75) is 18.3 Å². The minimum Gasteiger partial charge on any atom is -0.481 e. The molecule has 1 aromatic rings. The Kier molecular flexibility index (Phi) is 1.70. The number of rotatable bonds is 2. The standard InChI is InChI=1S/C10H10N2O/c1-13-9-8(3-2-6-12-9)10(7-11)4-5-10/h2-3,6H,4-5H2,1H3. The fraction of sp³-hybridized carbons (Fsp3) is 0.400. The summed E-state index contributed by atoms with van der Waals surface area (Å²) in [5.41, 5.74) is 0.625. The second-order valence-corrected chi connectivity index (χ2v) is 3.25. The Bertz CT molecular complexity index is 363. The number of aromatic nitrogens is 1. The van der Waals surface area contributed by atoms with Gasteiger partial charge in [0, 0.05) is 11.8 Å². The highest BCUT2D eigenvalue weighted by atomic mass is 16.5. The molecule has 0 bridgehead atoms. The van der Waals surface area contributed by atoms with Gasteiger partial charge in [-0.25, -0.2) is 4.98 Å². The molecule has 13 heavy (non-hydrogen) atoms. The van der Waals surface area contributed by atoms with Crippen LogP contribution < -0.4 is 4.74 Å². The van der Waals surface area contributed by atoms with Gasteiger partial charge >= 0.3 is 0 Å². The Morgan fingerprint density at radius 1 is 1.62 bits per heavy atom. The van der Waals surface area contributed by atoms with Gasteiger partial charge in [-0.15, -0.1) is 0 Å². The average Bonchev–Trinajstić information content (AvgIpc) is 2.98. The zero-order valence-electron chi connectivity index (χ0n) is 7.45. The minimum absolute atomic E-state index is 0.306. The number of methoxy groups -OCH3 is 1. The van der Waals surface area contributed by atoms with Crippen LogP contribution >= 0.6 is 0 Å². The van der Waals surface area contributed by atoms with Crippen LogP contribution in [0.3, 0.4) is 0 Å².